The third-order valence-corrected chi connectivity index (χ3v) is 4.41. The molecule has 0 heterocycles. The molecule has 0 bridgehead atoms. The van der Waals surface area contributed by atoms with Gasteiger partial charge < -0.3 is 10.4 Å². The second-order valence-electron chi connectivity index (χ2n) is 5.71. The van der Waals surface area contributed by atoms with E-state index >= 15 is 0 Å². The predicted octanol–water partition coefficient (Wildman–Crippen LogP) is 2.48. The molecule has 0 saturated heterocycles. The van der Waals surface area contributed by atoms with Gasteiger partial charge in [0.2, 0.25) is 5.91 Å². The summed E-state index contributed by atoms with van der Waals surface area (Å²) in [4.78, 5) is 11.9. The Kier molecular flexibility index (Phi) is 5.44. The Morgan fingerprint density at radius 3 is 2.65 bits per heavy atom. The van der Waals surface area contributed by atoms with Crippen LogP contribution >= 0.6 is 0 Å². The number of hydrogen-bond donors (Lipinski definition) is 2. The number of aliphatic hydroxyl groups excluding tert-OH is 1. The summed E-state index contributed by atoms with van der Waals surface area (Å²) in [5, 5.41) is 12.6. The highest BCUT2D eigenvalue weighted by Gasteiger charge is 2.39. The first-order valence-electron chi connectivity index (χ1n) is 6.96. The zero-order valence-corrected chi connectivity index (χ0v) is 11.5. The van der Waals surface area contributed by atoms with Crippen LogP contribution in [0.3, 0.4) is 0 Å². The van der Waals surface area contributed by atoms with Crippen molar-refractivity contribution in [1.29, 1.82) is 0 Å². The molecule has 1 saturated carbocycles. The van der Waals surface area contributed by atoms with Gasteiger partial charge in [-0.05, 0) is 18.8 Å². The standard InChI is InChI=1S/C14H27NO2/c1-4-11(5-2)9-13(17)15-12-7-6-8-14(12,3)10-16/h11-12,16H,4-10H2,1-3H3,(H,15,17). The number of nitrogens with one attached hydrogen (secondary N) is 1. The van der Waals surface area contributed by atoms with Crippen LogP contribution in [0.25, 0.3) is 0 Å². The Morgan fingerprint density at radius 2 is 2.12 bits per heavy atom. The van der Waals surface area contributed by atoms with Crippen LogP contribution in [0.15, 0.2) is 0 Å². The summed E-state index contributed by atoms with van der Waals surface area (Å²) in [6.45, 7) is 6.51. The van der Waals surface area contributed by atoms with Gasteiger partial charge in [-0.15, -0.1) is 0 Å². The molecule has 0 radical (unpaired) electrons. The second kappa shape index (κ2) is 6.39. The number of carbonyl (C=O) groups is 1. The number of carbonyl (C=O) groups excluding carboxylic acids is 1. The Labute approximate surface area is 105 Å². The minimum absolute atomic E-state index is 0.108. The highest BCUT2D eigenvalue weighted by molar-refractivity contribution is 5.76. The maximum atomic E-state index is 11.9. The molecule has 17 heavy (non-hydrogen) atoms. The zero-order chi connectivity index (χ0) is 12.9. The van der Waals surface area contributed by atoms with Gasteiger partial charge in [0.1, 0.15) is 0 Å². The minimum atomic E-state index is -0.108. The molecule has 3 nitrogen and oxygen atoms in total. The summed E-state index contributed by atoms with van der Waals surface area (Å²) < 4.78 is 0. The van der Waals surface area contributed by atoms with Crippen molar-refractivity contribution in [2.45, 2.75) is 65.3 Å². The summed E-state index contributed by atoms with van der Waals surface area (Å²) in [7, 11) is 0. The molecular formula is C14H27NO2. The summed E-state index contributed by atoms with van der Waals surface area (Å²) in [5.74, 6) is 0.655. The van der Waals surface area contributed by atoms with Crippen LogP contribution in [0.5, 0.6) is 0 Å². The van der Waals surface area contributed by atoms with E-state index < -0.39 is 0 Å². The van der Waals surface area contributed by atoms with Crippen LogP contribution in [-0.4, -0.2) is 23.7 Å². The monoisotopic (exact) mass is 241 g/mol. The molecule has 1 aliphatic rings. The molecule has 1 fully saturated rings. The lowest BCUT2D eigenvalue weighted by Gasteiger charge is -2.30. The third kappa shape index (κ3) is 3.70. The van der Waals surface area contributed by atoms with Gasteiger partial charge in [0.05, 0.1) is 6.61 Å². The van der Waals surface area contributed by atoms with Crippen molar-refractivity contribution < 1.29 is 9.90 Å². The van der Waals surface area contributed by atoms with Crippen molar-refractivity contribution in [3.8, 4) is 0 Å². The zero-order valence-electron chi connectivity index (χ0n) is 11.5. The van der Waals surface area contributed by atoms with Gasteiger partial charge in [-0.25, -0.2) is 0 Å². The minimum Gasteiger partial charge on any atom is -0.396 e. The second-order valence-corrected chi connectivity index (χ2v) is 5.71. The summed E-state index contributed by atoms with van der Waals surface area (Å²) in [6, 6.07) is 0.161. The lowest BCUT2D eigenvalue weighted by molar-refractivity contribution is -0.123. The van der Waals surface area contributed by atoms with Gasteiger partial charge in [-0.2, -0.15) is 0 Å². The first-order chi connectivity index (χ1) is 8.05. The molecule has 1 aliphatic carbocycles. The Bertz CT molecular complexity index is 251. The molecule has 0 aromatic rings. The fraction of sp³-hybridized carbons (Fsp3) is 0.929. The highest BCUT2D eigenvalue weighted by atomic mass is 16.3. The third-order valence-electron chi connectivity index (χ3n) is 4.41. The molecule has 0 aliphatic heterocycles. The normalized spacial score (nSPS) is 28.6. The first kappa shape index (κ1) is 14.5. The number of rotatable bonds is 6. The molecule has 2 unspecified atom stereocenters. The van der Waals surface area contributed by atoms with E-state index in [0.717, 1.165) is 32.1 Å². The maximum absolute atomic E-state index is 11.9. The quantitative estimate of drug-likeness (QED) is 0.750. The molecule has 0 aromatic heterocycles. The van der Waals surface area contributed by atoms with E-state index in [1.807, 2.05) is 0 Å². The number of hydrogen-bond acceptors (Lipinski definition) is 2. The fourth-order valence-corrected chi connectivity index (χ4v) is 2.76. The van der Waals surface area contributed by atoms with Crippen molar-refractivity contribution in [1.82, 2.24) is 5.32 Å². The molecule has 1 rings (SSSR count). The summed E-state index contributed by atoms with van der Waals surface area (Å²) >= 11 is 0. The topological polar surface area (TPSA) is 49.3 Å². The Balaban J connectivity index is 2.45. The highest BCUT2D eigenvalue weighted by Crippen LogP contribution is 2.37. The molecule has 2 atom stereocenters. The first-order valence-corrected chi connectivity index (χ1v) is 6.96. The van der Waals surface area contributed by atoms with Crippen LogP contribution in [0.1, 0.15) is 59.3 Å². The van der Waals surface area contributed by atoms with E-state index in [2.05, 4.69) is 26.1 Å². The molecule has 2 N–H and O–H groups in total. The van der Waals surface area contributed by atoms with Crippen LogP contribution in [0.2, 0.25) is 0 Å². The Morgan fingerprint density at radius 1 is 1.47 bits per heavy atom. The van der Waals surface area contributed by atoms with Crippen molar-refractivity contribution in [2.24, 2.45) is 11.3 Å². The smallest absolute Gasteiger partial charge is 0.220 e. The van der Waals surface area contributed by atoms with Gasteiger partial charge in [-0.1, -0.05) is 40.0 Å². The summed E-state index contributed by atoms with van der Waals surface area (Å²) in [6.07, 6.45) is 5.88. The van der Waals surface area contributed by atoms with Crippen molar-refractivity contribution in [3.05, 3.63) is 0 Å². The van der Waals surface area contributed by atoms with Crippen LogP contribution in [-0.2, 0) is 4.79 Å². The lowest BCUT2D eigenvalue weighted by atomic mass is 9.85. The molecular weight excluding hydrogens is 214 g/mol. The molecule has 100 valence electrons. The van der Waals surface area contributed by atoms with E-state index in [1.165, 1.54) is 0 Å². The molecule has 0 aromatic carbocycles. The van der Waals surface area contributed by atoms with Crippen molar-refractivity contribution in [2.75, 3.05) is 6.61 Å². The summed E-state index contributed by atoms with van der Waals surface area (Å²) in [5.41, 5.74) is -0.108. The van der Waals surface area contributed by atoms with E-state index in [-0.39, 0.29) is 24.0 Å². The van der Waals surface area contributed by atoms with Gasteiger partial charge in [0.15, 0.2) is 0 Å². The van der Waals surface area contributed by atoms with Gasteiger partial charge in [0, 0.05) is 17.9 Å². The van der Waals surface area contributed by atoms with Gasteiger partial charge in [-0.3, -0.25) is 4.79 Å². The van der Waals surface area contributed by atoms with E-state index in [1.54, 1.807) is 0 Å². The van der Waals surface area contributed by atoms with Gasteiger partial charge in [0.25, 0.3) is 0 Å². The Hall–Kier alpha value is -0.570. The lowest BCUT2D eigenvalue weighted by Crippen LogP contribution is -2.45. The van der Waals surface area contributed by atoms with Crippen molar-refractivity contribution in [3.63, 3.8) is 0 Å². The largest absolute Gasteiger partial charge is 0.396 e. The molecule has 3 heteroatoms. The predicted molar refractivity (Wildman–Crippen MR) is 69.7 cm³/mol. The van der Waals surface area contributed by atoms with Crippen LogP contribution in [0.4, 0.5) is 0 Å². The van der Waals surface area contributed by atoms with E-state index in [4.69, 9.17) is 0 Å². The molecule has 1 amide bonds. The number of amides is 1. The van der Waals surface area contributed by atoms with Crippen LogP contribution in [0, 0.1) is 11.3 Å². The van der Waals surface area contributed by atoms with Gasteiger partial charge >= 0.3 is 0 Å². The maximum Gasteiger partial charge on any atom is 0.220 e. The van der Waals surface area contributed by atoms with Crippen LogP contribution < -0.4 is 5.32 Å². The van der Waals surface area contributed by atoms with E-state index in [9.17, 15) is 9.90 Å². The fourth-order valence-electron chi connectivity index (χ4n) is 2.76. The molecule has 0 spiro atoms. The van der Waals surface area contributed by atoms with E-state index in [0.29, 0.717) is 12.3 Å². The average molecular weight is 241 g/mol. The SMILES string of the molecule is CCC(CC)CC(=O)NC1CCCC1(C)CO. The number of aliphatic hydroxyl groups is 1. The van der Waals surface area contributed by atoms with Crippen molar-refractivity contribution >= 4 is 5.91 Å². The average Bonchev–Trinajstić information content (AvgIpc) is 2.68.